The van der Waals surface area contributed by atoms with E-state index in [1.165, 1.54) is 0 Å². The molecule has 2 aromatic carbocycles. The van der Waals surface area contributed by atoms with Crippen molar-refractivity contribution in [2.75, 3.05) is 0 Å². The lowest BCUT2D eigenvalue weighted by Gasteiger charge is -2.29. The van der Waals surface area contributed by atoms with E-state index in [0.717, 1.165) is 24.3 Å². The van der Waals surface area contributed by atoms with Crippen LogP contribution in [0.4, 0.5) is 8.78 Å². The Morgan fingerprint density at radius 1 is 1.31 bits per heavy atom. The zero-order chi connectivity index (χ0) is 28.3. The van der Waals surface area contributed by atoms with Gasteiger partial charge in [0.2, 0.25) is 11.8 Å². The summed E-state index contributed by atoms with van der Waals surface area (Å²) in [6.45, 7) is -3.96. The summed E-state index contributed by atoms with van der Waals surface area (Å²) in [6, 6.07) is 0.0115. The fourth-order valence-electron chi connectivity index (χ4n) is 3.24. The van der Waals surface area contributed by atoms with Crippen LogP contribution in [0.1, 0.15) is 46.7 Å². The molecule has 166 valence electrons. The SMILES string of the molecule is [2H]c1c([2H])c2c(c([2H])c1CN([2H])C(=O)C(F)(F)c1ccc(Cl)cc1)C([2H])([2H])N(C1CCC(=O)NC1=O)C2=O. The van der Waals surface area contributed by atoms with Crippen molar-refractivity contribution in [3.8, 4) is 0 Å². The summed E-state index contributed by atoms with van der Waals surface area (Å²) in [5.74, 6) is -8.95. The molecule has 2 aliphatic rings. The number of alkyl halides is 2. The highest BCUT2D eigenvalue weighted by molar-refractivity contribution is 6.30. The lowest BCUT2D eigenvalue weighted by molar-refractivity contribution is -0.147. The standard InChI is InChI=1S/C22H18ClF2N3O4/c23-15-4-2-14(3-5-15)22(24,25)21(32)26-10-12-1-6-16-13(9-12)11-28(20(16)31)17-7-8-18(29)27-19(17)30/h1-6,9,17H,7-8,10-11H2,(H,26,32)(H,27,29,30)/i1D,6D,9D,11D2/hD. The third-order valence-electron chi connectivity index (χ3n) is 4.91. The number of halogens is 3. The lowest BCUT2D eigenvalue weighted by Crippen LogP contribution is -2.52. The van der Waals surface area contributed by atoms with Gasteiger partial charge in [0.15, 0.2) is 1.41 Å². The highest BCUT2D eigenvalue weighted by Gasteiger charge is 2.41. The molecule has 1 saturated heterocycles. The summed E-state index contributed by atoms with van der Waals surface area (Å²) in [6.07, 6.45) is -0.416. The molecule has 2 aliphatic heterocycles. The van der Waals surface area contributed by atoms with Crippen LogP contribution in [0.25, 0.3) is 0 Å². The van der Waals surface area contributed by atoms with E-state index in [4.69, 9.17) is 19.9 Å². The van der Waals surface area contributed by atoms with Crippen LogP contribution in [0.2, 0.25) is 6.43 Å². The van der Waals surface area contributed by atoms with E-state index >= 15 is 0 Å². The van der Waals surface area contributed by atoms with Crippen LogP contribution in [0.5, 0.6) is 0 Å². The normalized spacial score (nSPS) is 22.7. The average molecular weight is 468 g/mol. The van der Waals surface area contributed by atoms with Crippen molar-refractivity contribution in [1.82, 2.24) is 15.5 Å². The Morgan fingerprint density at radius 2 is 2.03 bits per heavy atom. The Morgan fingerprint density at radius 3 is 2.72 bits per heavy atom. The summed E-state index contributed by atoms with van der Waals surface area (Å²) in [5.41, 5.74) is -2.76. The second-order valence-electron chi connectivity index (χ2n) is 7.06. The highest BCUT2D eigenvalue weighted by atomic mass is 35.5. The molecule has 0 bridgehead atoms. The molecule has 0 aliphatic carbocycles. The number of piperidine rings is 1. The van der Waals surface area contributed by atoms with E-state index in [-0.39, 0.29) is 23.2 Å². The Kier molecular flexibility index (Phi) is 4.02. The average Bonchev–Trinajstić information content (AvgIpc) is 3.05. The third kappa shape index (κ3) is 4.08. The van der Waals surface area contributed by atoms with Gasteiger partial charge in [0, 0.05) is 35.6 Å². The largest absolute Gasteiger partial charge is 0.349 e. The molecule has 2 heterocycles. The van der Waals surface area contributed by atoms with Gasteiger partial charge in [0.25, 0.3) is 11.8 Å². The third-order valence-corrected chi connectivity index (χ3v) is 5.16. The molecule has 7 nitrogen and oxygen atoms in total. The number of carbonyl (C=O) groups is 4. The van der Waals surface area contributed by atoms with Gasteiger partial charge in [-0.1, -0.05) is 35.8 Å². The van der Waals surface area contributed by atoms with Gasteiger partial charge in [0.1, 0.15) is 6.04 Å². The molecule has 4 amide bonds. The van der Waals surface area contributed by atoms with Crippen LogP contribution in [0, 0.1) is 0 Å². The minimum atomic E-state index is -4.19. The lowest BCUT2D eigenvalue weighted by atomic mass is 10.0. The van der Waals surface area contributed by atoms with Gasteiger partial charge in [-0.05, 0) is 35.7 Å². The molecule has 10 heteroatoms. The molecule has 2 N–H and O–H groups in total. The Bertz CT molecular complexity index is 1390. The number of hydrogen-bond donors (Lipinski definition) is 2. The quantitative estimate of drug-likeness (QED) is 0.660. The van der Waals surface area contributed by atoms with E-state index < -0.39 is 89.0 Å². The number of nitrogens with one attached hydrogen (secondary N) is 2. The number of rotatable bonds is 5. The van der Waals surface area contributed by atoms with Gasteiger partial charge in [-0.25, -0.2) is 0 Å². The van der Waals surface area contributed by atoms with E-state index in [1.54, 1.807) is 0 Å². The second kappa shape index (κ2) is 8.31. The molecule has 0 aromatic heterocycles. The number of benzene rings is 2. The number of fused-ring (bicyclic) bond motifs is 1. The van der Waals surface area contributed by atoms with E-state index in [9.17, 15) is 28.0 Å². The van der Waals surface area contributed by atoms with Gasteiger partial charge < -0.3 is 10.2 Å². The minimum absolute atomic E-state index is 0.133. The summed E-state index contributed by atoms with van der Waals surface area (Å²) in [7, 11) is 0. The van der Waals surface area contributed by atoms with Gasteiger partial charge in [-0.3, -0.25) is 24.5 Å². The predicted octanol–water partition coefficient (Wildman–Crippen LogP) is 2.51. The maximum absolute atomic E-state index is 14.8. The fraction of sp³-hybridized carbons (Fsp3) is 0.273. The van der Waals surface area contributed by atoms with Crippen LogP contribution in [0.3, 0.4) is 0 Å². The van der Waals surface area contributed by atoms with Crippen molar-refractivity contribution < 1.29 is 36.2 Å². The number of imide groups is 1. The van der Waals surface area contributed by atoms with E-state index in [2.05, 4.69) is 0 Å². The topological polar surface area (TPSA) is 95.6 Å². The van der Waals surface area contributed by atoms with Crippen LogP contribution in [-0.2, 0) is 33.3 Å². The number of nitrogens with zero attached hydrogens (tertiary/aromatic N) is 1. The Hall–Kier alpha value is -3.33. The summed E-state index contributed by atoms with van der Waals surface area (Å²) < 4.78 is 79.5. The number of amides is 4. The zero-order valence-corrected chi connectivity index (χ0v) is 16.9. The molecule has 2 aromatic rings. The first-order valence-electron chi connectivity index (χ1n) is 12.3. The molecular weight excluding hydrogens is 444 g/mol. The molecule has 1 atom stereocenters. The van der Waals surface area contributed by atoms with Crippen molar-refractivity contribution in [3.63, 3.8) is 0 Å². The molecule has 1 unspecified atom stereocenters. The predicted molar refractivity (Wildman–Crippen MR) is 110 cm³/mol. The van der Waals surface area contributed by atoms with Crippen molar-refractivity contribution in [2.24, 2.45) is 0 Å². The molecule has 1 fully saturated rings. The highest BCUT2D eigenvalue weighted by Crippen LogP contribution is 2.30. The zero-order valence-electron chi connectivity index (χ0n) is 22.2. The summed E-state index contributed by atoms with van der Waals surface area (Å²) in [4.78, 5) is 50.0. The van der Waals surface area contributed by atoms with Crippen molar-refractivity contribution >= 4 is 35.2 Å². The molecular formula is C22H18ClF2N3O4. The molecule has 0 radical (unpaired) electrons. The van der Waals surface area contributed by atoms with Crippen molar-refractivity contribution in [2.45, 2.75) is 37.8 Å². The summed E-state index contributed by atoms with van der Waals surface area (Å²) >= 11 is 5.68. The molecule has 4 rings (SSSR count). The van der Waals surface area contributed by atoms with E-state index in [1.807, 2.05) is 5.32 Å². The Balaban J connectivity index is 1.71. The maximum Gasteiger partial charge on any atom is 0.349 e. The molecule has 32 heavy (non-hydrogen) atoms. The van der Waals surface area contributed by atoms with Gasteiger partial charge >= 0.3 is 5.92 Å². The molecule has 0 spiro atoms. The number of hydrogen-bond acceptors (Lipinski definition) is 4. The first kappa shape index (κ1) is 15.5. The van der Waals surface area contributed by atoms with Crippen molar-refractivity contribution in [1.29, 1.82) is 0 Å². The smallest absolute Gasteiger partial charge is 0.346 e. The number of carbonyl (C=O) groups excluding carboxylic acids is 4. The Labute approximate surface area is 195 Å². The fourth-order valence-corrected chi connectivity index (χ4v) is 3.37. The van der Waals surface area contributed by atoms with Crippen molar-refractivity contribution in [3.05, 3.63) is 69.7 Å². The van der Waals surface area contributed by atoms with Crippen LogP contribution < -0.4 is 10.6 Å². The second-order valence-corrected chi connectivity index (χ2v) is 7.50. The van der Waals surface area contributed by atoms with Crippen LogP contribution in [0.15, 0.2) is 42.4 Å². The van der Waals surface area contributed by atoms with Gasteiger partial charge in [0.05, 0.1) is 6.85 Å². The molecule has 0 saturated carbocycles. The first-order chi connectivity index (χ1) is 17.6. The summed E-state index contributed by atoms with van der Waals surface area (Å²) in [5, 5.41) is 1.92. The van der Waals surface area contributed by atoms with Crippen LogP contribution >= 0.6 is 11.6 Å². The monoisotopic (exact) mass is 467 g/mol. The maximum atomic E-state index is 14.8. The minimum Gasteiger partial charge on any atom is -0.346 e. The van der Waals surface area contributed by atoms with Gasteiger partial charge in [-0.15, -0.1) is 0 Å². The van der Waals surface area contributed by atoms with E-state index in [0.29, 0.717) is 4.90 Å². The van der Waals surface area contributed by atoms with Gasteiger partial charge in [-0.2, -0.15) is 8.78 Å². The first-order valence-corrected chi connectivity index (χ1v) is 9.73. The van der Waals surface area contributed by atoms with Crippen LogP contribution in [-0.4, -0.2) is 34.6 Å².